The van der Waals surface area contributed by atoms with E-state index in [4.69, 9.17) is 15.0 Å². The largest absolute Gasteiger partial charge is 0.484 e. The summed E-state index contributed by atoms with van der Waals surface area (Å²) in [5.41, 5.74) is 5.91. The lowest BCUT2D eigenvalue weighted by molar-refractivity contribution is 0.241. The molecule has 1 heterocycles. The maximum atomic E-state index is 6.34. The van der Waals surface area contributed by atoms with Crippen LogP contribution in [0, 0.1) is 0 Å². The van der Waals surface area contributed by atoms with Crippen LogP contribution >= 0.6 is 0 Å². The molecule has 0 amide bonds. The van der Waals surface area contributed by atoms with Crippen molar-refractivity contribution >= 4 is 10.8 Å². The van der Waals surface area contributed by atoms with Gasteiger partial charge in [0.15, 0.2) is 12.4 Å². The number of nitrogens with zero attached hydrogens (tertiary/aromatic N) is 2. The fourth-order valence-corrected chi connectivity index (χ4v) is 3.15. The molecule has 1 aliphatic rings. The Bertz CT molecular complexity index is 822. The summed E-state index contributed by atoms with van der Waals surface area (Å²) in [4.78, 5) is 4.41. The first-order valence-electron chi connectivity index (χ1n) is 7.97. The molecule has 1 fully saturated rings. The minimum atomic E-state index is -0.426. The fourth-order valence-electron chi connectivity index (χ4n) is 3.15. The molecule has 23 heavy (non-hydrogen) atoms. The van der Waals surface area contributed by atoms with E-state index in [9.17, 15) is 0 Å². The third-order valence-electron chi connectivity index (χ3n) is 4.49. The second-order valence-corrected chi connectivity index (χ2v) is 6.17. The van der Waals surface area contributed by atoms with Gasteiger partial charge in [0.05, 0.1) is 5.54 Å². The van der Waals surface area contributed by atoms with Gasteiger partial charge in [-0.25, -0.2) is 0 Å². The van der Waals surface area contributed by atoms with E-state index in [1.807, 2.05) is 30.3 Å². The average molecular weight is 309 g/mol. The predicted molar refractivity (Wildman–Crippen MR) is 86.9 cm³/mol. The van der Waals surface area contributed by atoms with Gasteiger partial charge in [0, 0.05) is 0 Å². The van der Waals surface area contributed by atoms with Crippen LogP contribution in [-0.2, 0) is 12.1 Å². The topological polar surface area (TPSA) is 74.2 Å². The Labute approximate surface area is 134 Å². The molecule has 1 aliphatic carbocycles. The molecule has 0 unspecified atom stereocenters. The zero-order valence-electron chi connectivity index (χ0n) is 12.9. The molecule has 0 saturated heterocycles. The van der Waals surface area contributed by atoms with Crippen molar-refractivity contribution in [1.29, 1.82) is 0 Å². The Kier molecular flexibility index (Phi) is 3.50. The smallest absolute Gasteiger partial charge is 0.264 e. The Morgan fingerprint density at radius 2 is 1.87 bits per heavy atom. The van der Waals surface area contributed by atoms with Crippen molar-refractivity contribution < 1.29 is 9.26 Å². The van der Waals surface area contributed by atoms with Crippen molar-refractivity contribution in [2.75, 3.05) is 0 Å². The molecule has 4 rings (SSSR count). The molecule has 5 heteroatoms. The number of nitrogens with two attached hydrogens (primary N) is 1. The highest BCUT2D eigenvalue weighted by Crippen LogP contribution is 2.34. The van der Waals surface area contributed by atoms with Gasteiger partial charge in [0.25, 0.3) is 5.89 Å². The molecule has 2 aromatic carbocycles. The van der Waals surface area contributed by atoms with Crippen molar-refractivity contribution in [1.82, 2.24) is 10.1 Å². The molecule has 0 atom stereocenters. The lowest BCUT2D eigenvalue weighted by atomic mass is 9.99. The molecule has 5 nitrogen and oxygen atoms in total. The van der Waals surface area contributed by atoms with E-state index in [2.05, 4.69) is 22.3 Å². The van der Waals surface area contributed by atoms with Crippen LogP contribution in [0.1, 0.15) is 37.4 Å². The number of benzene rings is 2. The zero-order valence-corrected chi connectivity index (χ0v) is 12.9. The summed E-state index contributed by atoms with van der Waals surface area (Å²) in [6, 6.07) is 14.2. The van der Waals surface area contributed by atoms with Gasteiger partial charge in [-0.2, -0.15) is 4.98 Å². The molecule has 0 radical (unpaired) electrons. The van der Waals surface area contributed by atoms with Crippen molar-refractivity contribution in [2.24, 2.45) is 5.73 Å². The van der Waals surface area contributed by atoms with Crippen LogP contribution in [0.2, 0.25) is 0 Å². The van der Waals surface area contributed by atoms with Crippen LogP contribution in [0.3, 0.4) is 0 Å². The summed E-state index contributed by atoms with van der Waals surface area (Å²) in [6.45, 7) is 0.251. The molecular weight excluding hydrogens is 290 g/mol. The molecule has 0 bridgehead atoms. The number of hydrogen-bond donors (Lipinski definition) is 1. The summed E-state index contributed by atoms with van der Waals surface area (Å²) < 4.78 is 11.1. The molecule has 3 aromatic rings. The van der Waals surface area contributed by atoms with E-state index in [-0.39, 0.29) is 6.61 Å². The second kappa shape index (κ2) is 5.66. The van der Waals surface area contributed by atoms with Crippen molar-refractivity contribution in [3.05, 3.63) is 54.2 Å². The van der Waals surface area contributed by atoms with Gasteiger partial charge in [-0.05, 0) is 35.7 Å². The normalized spacial score (nSPS) is 16.7. The highest BCUT2D eigenvalue weighted by atomic mass is 16.5. The summed E-state index contributed by atoms with van der Waals surface area (Å²) in [7, 11) is 0. The summed E-state index contributed by atoms with van der Waals surface area (Å²) in [5.74, 6) is 1.85. The van der Waals surface area contributed by atoms with E-state index in [1.165, 1.54) is 5.39 Å². The van der Waals surface area contributed by atoms with Crippen molar-refractivity contribution in [3.63, 3.8) is 0 Å². The Balaban J connectivity index is 1.47. The van der Waals surface area contributed by atoms with E-state index in [1.54, 1.807) is 0 Å². The second-order valence-electron chi connectivity index (χ2n) is 6.17. The van der Waals surface area contributed by atoms with Gasteiger partial charge >= 0.3 is 0 Å². The highest BCUT2D eigenvalue weighted by molar-refractivity contribution is 5.83. The molecule has 1 aromatic heterocycles. The van der Waals surface area contributed by atoms with Gasteiger partial charge in [0.2, 0.25) is 0 Å². The third-order valence-corrected chi connectivity index (χ3v) is 4.49. The van der Waals surface area contributed by atoms with Gasteiger partial charge < -0.3 is 15.0 Å². The quantitative estimate of drug-likeness (QED) is 0.798. The Hall–Kier alpha value is -2.40. The van der Waals surface area contributed by atoms with Crippen LogP contribution in [-0.4, -0.2) is 10.1 Å². The fraction of sp³-hybridized carbons (Fsp3) is 0.333. The standard InChI is InChI=1S/C18H19N3O2/c19-18(9-3-4-10-18)17-20-16(23-21-17)12-22-15-8-7-13-5-1-2-6-14(13)11-15/h1-2,5-8,11H,3-4,9-10,12,19H2. The maximum absolute atomic E-state index is 6.34. The lowest BCUT2D eigenvalue weighted by Gasteiger charge is -2.17. The maximum Gasteiger partial charge on any atom is 0.264 e. The molecule has 118 valence electrons. The summed E-state index contributed by atoms with van der Waals surface area (Å²) in [5, 5.41) is 6.37. The van der Waals surface area contributed by atoms with Crippen LogP contribution in [0.15, 0.2) is 47.0 Å². The molecule has 2 N–H and O–H groups in total. The lowest BCUT2D eigenvalue weighted by Crippen LogP contribution is -2.34. The first-order chi connectivity index (χ1) is 11.2. The molecular formula is C18H19N3O2. The molecule has 1 saturated carbocycles. The summed E-state index contributed by atoms with van der Waals surface area (Å²) in [6.07, 6.45) is 4.07. The first-order valence-corrected chi connectivity index (χ1v) is 7.97. The van der Waals surface area contributed by atoms with Crippen LogP contribution in [0.5, 0.6) is 5.75 Å². The number of fused-ring (bicyclic) bond motifs is 1. The minimum absolute atomic E-state index is 0.251. The van der Waals surface area contributed by atoms with E-state index < -0.39 is 5.54 Å². The van der Waals surface area contributed by atoms with Gasteiger partial charge in [-0.3, -0.25) is 0 Å². The van der Waals surface area contributed by atoms with E-state index >= 15 is 0 Å². The monoisotopic (exact) mass is 309 g/mol. The first kappa shape index (κ1) is 14.2. The van der Waals surface area contributed by atoms with Crippen LogP contribution in [0.4, 0.5) is 0 Å². The zero-order chi connectivity index (χ0) is 15.7. The van der Waals surface area contributed by atoms with Gasteiger partial charge in [0.1, 0.15) is 5.75 Å². The van der Waals surface area contributed by atoms with Crippen molar-refractivity contribution in [3.8, 4) is 5.75 Å². The number of rotatable bonds is 4. The van der Waals surface area contributed by atoms with Crippen LogP contribution < -0.4 is 10.5 Å². The predicted octanol–water partition coefficient (Wildman–Crippen LogP) is 3.53. The van der Waals surface area contributed by atoms with Crippen LogP contribution in [0.25, 0.3) is 10.8 Å². The van der Waals surface area contributed by atoms with Gasteiger partial charge in [-0.15, -0.1) is 0 Å². The number of ether oxygens (including phenoxy) is 1. The minimum Gasteiger partial charge on any atom is -0.484 e. The summed E-state index contributed by atoms with van der Waals surface area (Å²) >= 11 is 0. The Morgan fingerprint density at radius 1 is 1.09 bits per heavy atom. The number of hydrogen-bond acceptors (Lipinski definition) is 5. The van der Waals surface area contributed by atoms with Gasteiger partial charge in [-0.1, -0.05) is 48.3 Å². The SMILES string of the molecule is NC1(c2noc(COc3ccc4ccccc4c3)n2)CCCC1. The average Bonchev–Trinajstić information content (AvgIpc) is 3.23. The highest BCUT2D eigenvalue weighted by Gasteiger charge is 2.35. The molecule has 0 aliphatic heterocycles. The third kappa shape index (κ3) is 2.80. The van der Waals surface area contributed by atoms with Crippen molar-refractivity contribution in [2.45, 2.75) is 37.8 Å². The molecule has 0 spiro atoms. The Morgan fingerprint density at radius 3 is 2.70 bits per heavy atom. The van der Waals surface area contributed by atoms with E-state index in [0.29, 0.717) is 11.7 Å². The van der Waals surface area contributed by atoms with E-state index in [0.717, 1.165) is 36.8 Å². The number of aromatic nitrogens is 2.